The minimum absolute atomic E-state index is 0.390. The first-order chi connectivity index (χ1) is 7.00. The van der Waals surface area contributed by atoms with Gasteiger partial charge in [0.15, 0.2) is 6.04 Å². The fourth-order valence-corrected chi connectivity index (χ4v) is 1.18. The molecule has 0 aliphatic rings. The van der Waals surface area contributed by atoms with Crippen LogP contribution in [0.4, 0.5) is 5.69 Å². The van der Waals surface area contributed by atoms with Crippen molar-refractivity contribution in [3.63, 3.8) is 0 Å². The van der Waals surface area contributed by atoms with Gasteiger partial charge < -0.3 is 16.2 Å². The van der Waals surface area contributed by atoms with Crippen molar-refractivity contribution >= 4 is 17.6 Å². The second-order valence-electron chi connectivity index (χ2n) is 3.14. The van der Waals surface area contributed by atoms with Crippen LogP contribution < -0.4 is 11.1 Å². The summed E-state index contributed by atoms with van der Waals surface area (Å²) in [4.78, 5) is 21.7. The fourth-order valence-electron chi connectivity index (χ4n) is 1.18. The monoisotopic (exact) mass is 208 g/mol. The summed E-state index contributed by atoms with van der Waals surface area (Å²) in [6.45, 7) is 1.27. The highest BCUT2D eigenvalue weighted by Gasteiger charge is 2.19. The molecule has 15 heavy (non-hydrogen) atoms. The summed E-state index contributed by atoms with van der Waals surface area (Å²) in [6, 6.07) is 5.30. The zero-order valence-electron chi connectivity index (χ0n) is 8.23. The number of rotatable bonds is 3. The van der Waals surface area contributed by atoms with Crippen LogP contribution in [0.5, 0.6) is 0 Å². The summed E-state index contributed by atoms with van der Waals surface area (Å²) in [5, 5.41) is 11.2. The molecule has 0 heterocycles. The molecule has 0 aliphatic carbocycles. The van der Waals surface area contributed by atoms with E-state index >= 15 is 0 Å². The second-order valence-corrected chi connectivity index (χ2v) is 3.14. The van der Waals surface area contributed by atoms with E-state index in [1.54, 1.807) is 24.3 Å². The number of carbonyl (C=O) groups is 2. The van der Waals surface area contributed by atoms with Crippen molar-refractivity contribution in [3.8, 4) is 0 Å². The normalized spacial score (nSPS) is 11.8. The number of aliphatic carboxylic acids is 1. The van der Waals surface area contributed by atoms with Gasteiger partial charge in [-0.2, -0.15) is 0 Å². The Kier molecular flexibility index (Phi) is 3.28. The largest absolute Gasteiger partial charge is 0.479 e. The lowest BCUT2D eigenvalue weighted by atomic mass is 10.1. The maximum absolute atomic E-state index is 10.9. The van der Waals surface area contributed by atoms with Crippen molar-refractivity contribution < 1.29 is 14.7 Å². The predicted molar refractivity (Wildman–Crippen MR) is 55.0 cm³/mol. The van der Waals surface area contributed by atoms with Gasteiger partial charge in [0.05, 0.1) is 0 Å². The first kappa shape index (κ1) is 11.0. The average Bonchev–Trinajstić information content (AvgIpc) is 2.15. The highest BCUT2D eigenvalue weighted by Crippen LogP contribution is 2.15. The van der Waals surface area contributed by atoms with Crippen LogP contribution in [0.2, 0.25) is 0 Å². The van der Waals surface area contributed by atoms with Crippen LogP contribution in [0.1, 0.15) is 18.5 Å². The third kappa shape index (κ3) is 2.98. The van der Waals surface area contributed by atoms with Crippen molar-refractivity contribution in [1.82, 2.24) is 5.32 Å². The number of nitrogen functional groups attached to an aromatic ring is 1. The van der Waals surface area contributed by atoms with E-state index < -0.39 is 12.0 Å². The van der Waals surface area contributed by atoms with Gasteiger partial charge in [-0.25, -0.2) is 4.79 Å². The Morgan fingerprint density at radius 1 is 1.33 bits per heavy atom. The molecular formula is C10H12N2O3. The number of amides is 1. The van der Waals surface area contributed by atoms with Crippen LogP contribution >= 0.6 is 0 Å². The lowest BCUT2D eigenvalue weighted by Gasteiger charge is -2.13. The van der Waals surface area contributed by atoms with Gasteiger partial charge in [-0.1, -0.05) is 12.1 Å². The quantitative estimate of drug-likeness (QED) is 0.632. The van der Waals surface area contributed by atoms with E-state index in [-0.39, 0.29) is 5.91 Å². The molecule has 5 nitrogen and oxygen atoms in total. The molecule has 5 heteroatoms. The third-order valence-electron chi connectivity index (χ3n) is 1.86. The zero-order chi connectivity index (χ0) is 11.4. The van der Waals surface area contributed by atoms with Crippen LogP contribution in [0.3, 0.4) is 0 Å². The molecule has 0 spiro atoms. The van der Waals surface area contributed by atoms with Crippen molar-refractivity contribution in [2.45, 2.75) is 13.0 Å². The number of anilines is 1. The molecule has 4 N–H and O–H groups in total. The van der Waals surface area contributed by atoms with Crippen LogP contribution in [0.15, 0.2) is 24.3 Å². The van der Waals surface area contributed by atoms with E-state index in [1.165, 1.54) is 6.92 Å². The van der Waals surface area contributed by atoms with E-state index in [4.69, 9.17) is 10.8 Å². The van der Waals surface area contributed by atoms with Gasteiger partial charge in [-0.05, 0) is 17.7 Å². The summed E-state index contributed by atoms with van der Waals surface area (Å²) in [5.41, 5.74) is 6.51. The molecule has 80 valence electrons. The predicted octanol–water partition coefficient (Wildman–Crippen LogP) is 0.531. The molecule has 0 radical (unpaired) electrons. The maximum atomic E-state index is 10.9. The minimum Gasteiger partial charge on any atom is -0.479 e. The molecule has 0 aliphatic heterocycles. The Bertz CT molecular complexity index is 373. The van der Waals surface area contributed by atoms with E-state index in [0.717, 1.165) is 0 Å². The van der Waals surface area contributed by atoms with Gasteiger partial charge in [0.2, 0.25) is 5.91 Å². The molecule has 1 aromatic carbocycles. The van der Waals surface area contributed by atoms with E-state index in [0.29, 0.717) is 11.3 Å². The number of hydrogen-bond donors (Lipinski definition) is 3. The van der Waals surface area contributed by atoms with E-state index in [9.17, 15) is 9.59 Å². The Morgan fingerprint density at radius 3 is 2.27 bits per heavy atom. The smallest absolute Gasteiger partial charge is 0.330 e. The highest BCUT2D eigenvalue weighted by atomic mass is 16.4. The van der Waals surface area contributed by atoms with Gasteiger partial charge in [0.25, 0.3) is 0 Å². The Hall–Kier alpha value is -2.04. The van der Waals surface area contributed by atoms with Crippen molar-refractivity contribution in [2.24, 2.45) is 0 Å². The summed E-state index contributed by atoms with van der Waals surface area (Å²) < 4.78 is 0. The summed E-state index contributed by atoms with van der Waals surface area (Å²) in [5.74, 6) is -1.49. The SMILES string of the molecule is CC(=O)N[C@H](C(=O)O)c1ccc(N)cc1. The van der Waals surface area contributed by atoms with Crippen LogP contribution in [0.25, 0.3) is 0 Å². The van der Waals surface area contributed by atoms with E-state index in [2.05, 4.69) is 5.32 Å². The molecule has 0 bridgehead atoms. The second kappa shape index (κ2) is 4.45. The van der Waals surface area contributed by atoms with Crippen molar-refractivity contribution in [3.05, 3.63) is 29.8 Å². The van der Waals surface area contributed by atoms with Gasteiger partial charge in [0, 0.05) is 12.6 Å². The number of hydrogen-bond acceptors (Lipinski definition) is 3. The van der Waals surface area contributed by atoms with Crippen molar-refractivity contribution in [1.29, 1.82) is 0 Å². The third-order valence-corrected chi connectivity index (χ3v) is 1.86. The summed E-state index contributed by atoms with van der Waals surface area (Å²) in [6.07, 6.45) is 0. The molecule has 0 fully saturated rings. The molecule has 0 aromatic heterocycles. The first-order valence-corrected chi connectivity index (χ1v) is 4.36. The molecule has 1 rings (SSSR count). The van der Waals surface area contributed by atoms with Gasteiger partial charge in [-0.3, -0.25) is 4.79 Å². The number of nitrogens with one attached hydrogen (secondary N) is 1. The van der Waals surface area contributed by atoms with Crippen LogP contribution in [-0.4, -0.2) is 17.0 Å². The van der Waals surface area contributed by atoms with Gasteiger partial charge in [0.1, 0.15) is 0 Å². The topological polar surface area (TPSA) is 92.4 Å². The van der Waals surface area contributed by atoms with Crippen LogP contribution in [0, 0.1) is 0 Å². The number of carbonyl (C=O) groups excluding carboxylic acids is 1. The first-order valence-electron chi connectivity index (χ1n) is 4.36. The molecule has 0 unspecified atom stereocenters. The number of carboxylic acid groups (broad SMARTS) is 1. The molecular weight excluding hydrogens is 196 g/mol. The van der Waals surface area contributed by atoms with E-state index in [1.807, 2.05) is 0 Å². The van der Waals surface area contributed by atoms with Crippen molar-refractivity contribution in [2.75, 3.05) is 5.73 Å². The maximum Gasteiger partial charge on any atom is 0.330 e. The number of nitrogens with two attached hydrogens (primary N) is 1. The standard InChI is InChI=1S/C10H12N2O3/c1-6(13)12-9(10(14)15)7-2-4-8(11)5-3-7/h2-5,9H,11H2,1H3,(H,12,13)(H,14,15)/t9-/m0/s1. The highest BCUT2D eigenvalue weighted by molar-refractivity contribution is 5.83. The minimum atomic E-state index is -1.10. The Morgan fingerprint density at radius 2 is 1.87 bits per heavy atom. The Balaban J connectivity index is 2.94. The molecule has 0 saturated heterocycles. The number of carboxylic acids is 1. The Labute approximate surface area is 86.9 Å². The average molecular weight is 208 g/mol. The molecule has 1 aromatic rings. The molecule has 1 amide bonds. The lowest BCUT2D eigenvalue weighted by Crippen LogP contribution is -2.31. The fraction of sp³-hybridized carbons (Fsp3) is 0.200. The van der Waals surface area contributed by atoms with Gasteiger partial charge in [-0.15, -0.1) is 0 Å². The lowest BCUT2D eigenvalue weighted by molar-refractivity contribution is -0.141. The summed E-state index contributed by atoms with van der Waals surface area (Å²) >= 11 is 0. The molecule has 0 saturated carbocycles. The zero-order valence-corrected chi connectivity index (χ0v) is 8.23. The van der Waals surface area contributed by atoms with Gasteiger partial charge >= 0.3 is 5.97 Å². The summed E-state index contributed by atoms with van der Waals surface area (Å²) in [7, 11) is 0. The molecule has 1 atom stereocenters. The van der Waals surface area contributed by atoms with Crippen LogP contribution in [-0.2, 0) is 9.59 Å². The number of benzene rings is 1.